The van der Waals surface area contributed by atoms with Gasteiger partial charge >= 0.3 is 0 Å². The molecule has 1 aromatic heterocycles. The van der Waals surface area contributed by atoms with E-state index in [-0.39, 0.29) is 11.2 Å². The average Bonchev–Trinajstić information content (AvgIpc) is 3.43. The number of hydrogen-bond donors (Lipinski definition) is 1. The number of rotatable bonds is 6. The molecule has 1 aliphatic heterocycles. The summed E-state index contributed by atoms with van der Waals surface area (Å²) in [4.78, 5) is 14.9. The highest BCUT2D eigenvalue weighted by Gasteiger charge is 2.29. The number of anilines is 2. The number of hydrogen-bond acceptors (Lipinski definition) is 7. The molecule has 2 aliphatic rings. The summed E-state index contributed by atoms with van der Waals surface area (Å²) in [6, 6.07) is 6.54. The first kappa shape index (κ1) is 18.2. The summed E-state index contributed by atoms with van der Waals surface area (Å²) in [5, 5.41) is 15.3. The number of tetrazole rings is 1. The maximum atomic E-state index is 12.6. The Morgan fingerprint density at radius 1 is 1.33 bits per heavy atom. The second kappa shape index (κ2) is 7.85. The van der Waals surface area contributed by atoms with Gasteiger partial charge in [-0.25, -0.2) is 4.68 Å². The molecule has 0 spiro atoms. The van der Waals surface area contributed by atoms with Gasteiger partial charge in [0.25, 0.3) is 0 Å². The molecule has 2 aromatic rings. The Bertz CT molecular complexity index is 816. The van der Waals surface area contributed by atoms with Gasteiger partial charge in [0.05, 0.1) is 24.5 Å². The number of aryl methyl sites for hydroxylation is 1. The number of aromatic nitrogens is 4. The lowest BCUT2D eigenvalue weighted by Gasteiger charge is -2.29. The summed E-state index contributed by atoms with van der Waals surface area (Å²) < 4.78 is 7.24. The maximum absolute atomic E-state index is 12.6. The Morgan fingerprint density at radius 3 is 2.81 bits per heavy atom. The van der Waals surface area contributed by atoms with E-state index in [9.17, 15) is 4.79 Å². The largest absolute Gasteiger partial charge is 0.378 e. The summed E-state index contributed by atoms with van der Waals surface area (Å²) >= 11 is 1.40. The van der Waals surface area contributed by atoms with E-state index in [1.54, 1.807) is 0 Å². The number of carbonyl (C=O) groups excluding carboxylic acids is 1. The molecule has 4 rings (SSSR count). The van der Waals surface area contributed by atoms with Gasteiger partial charge < -0.3 is 15.0 Å². The second-order valence-electron chi connectivity index (χ2n) is 6.99. The number of morpholine rings is 1. The predicted octanol–water partition coefficient (Wildman–Crippen LogP) is 2.27. The zero-order chi connectivity index (χ0) is 18.8. The van der Waals surface area contributed by atoms with Crippen LogP contribution < -0.4 is 10.2 Å². The van der Waals surface area contributed by atoms with Gasteiger partial charge in [0.2, 0.25) is 11.1 Å². The molecule has 27 heavy (non-hydrogen) atoms. The summed E-state index contributed by atoms with van der Waals surface area (Å²) in [6.07, 6.45) is 2.21. The summed E-state index contributed by atoms with van der Waals surface area (Å²) in [7, 11) is 0. The normalized spacial score (nSPS) is 18.4. The minimum Gasteiger partial charge on any atom is -0.378 e. The van der Waals surface area contributed by atoms with Crippen LogP contribution >= 0.6 is 11.8 Å². The van der Waals surface area contributed by atoms with Crippen LogP contribution in [-0.4, -0.2) is 57.7 Å². The molecular formula is C18H24N6O2S. The number of nitrogens with one attached hydrogen (secondary N) is 1. The molecule has 1 saturated heterocycles. The number of ether oxygens (including phenoxy) is 1. The van der Waals surface area contributed by atoms with Crippen molar-refractivity contribution >= 4 is 29.0 Å². The van der Waals surface area contributed by atoms with Crippen molar-refractivity contribution < 1.29 is 9.53 Å². The molecular weight excluding hydrogens is 364 g/mol. The van der Waals surface area contributed by atoms with Gasteiger partial charge in [-0.1, -0.05) is 11.8 Å². The van der Waals surface area contributed by atoms with Gasteiger partial charge in [0.1, 0.15) is 0 Å². The van der Waals surface area contributed by atoms with Crippen LogP contribution in [0.4, 0.5) is 11.4 Å². The molecule has 1 N–H and O–H groups in total. The Kier molecular flexibility index (Phi) is 5.31. The van der Waals surface area contributed by atoms with Gasteiger partial charge in [-0.2, -0.15) is 0 Å². The van der Waals surface area contributed by atoms with Crippen molar-refractivity contribution in [3.63, 3.8) is 0 Å². The molecule has 0 radical (unpaired) electrons. The average molecular weight is 388 g/mol. The number of amides is 1. The van der Waals surface area contributed by atoms with Crippen molar-refractivity contribution in [3.8, 4) is 0 Å². The van der Waals surface area contributed by atoms with Crippen LogP contribution in [-0.2, 0) is 9.53 Å². The van der Waals surface area contributed by atoms with E-state index in [2.05, 4.69) is 37.9 Å². The van der Waals surface area contributed by atoms with Crippen molar-refractivity contribution in [1.82, 2.24) is 20.2 Å². The van der Waals surface area contributed by atoms with Crippen LogP contribution in [0.5, 0.6) is 0 Å². The molecule has 8 nitrogen and oxygen atoms in total. The van der Waals surface area contributed by atoms with E-state index in [1.165, 1.54) is 17.4 Å². The molecule has 1 aliphatic carbocycles. The third-order valence-electron chi connectivity index (χ3n) is 4.85. The molecule has 9 heteroatoms. The molecule has 1 atom stereocenters. The highest BCUT2D eigenvalue weighted by atomic mass is 32.2. The van der Waals surface area contributed by atoms with E-state index in [1.807, 2.05) is 24.6 Å². The number of nitrogens with zero attached hydrogens (tertiary/aromatic N) is 5. The molecule has 1 aromatic carbocycles. The van der Waals surface area contributed by atoms with Gasteiger partial charge in [-0.3, -0.25) is 4.79 Å². The lowest BCUT2D eigenvalue weighted by atomic mass is 10.1. The van der Waals surface area contributed by atoms with Crippen molar-refractivity contribution in [2.24, 2.45) is 0 Å². The fraction of sp³-hybridized carbons (Fsp3) is 0.556. The monoisotopic (exact) mass is 388 g/mol. The summed E-state index contributed by atoms with van der Waals surface area (Å²) in [5.41, 5.74) is 3.05. The van der Waals surface area contributed by atoms with Gasteiger partial charge in [-0.15, -0.1) is 5.10 Å². The quantitative estimate of drug-likeness (QED) is 0.760. The van der Waals surface area contributed by atoms with E-state index in [0.29, 0.717) is 11.2 Å². The lowest BCUT2D eigenvalue weighted by molar-refractivity contribution is -0.115. The van der Waals surface area contributed by atoms with Crippen LogP contribution in [0.1, 0.15) is 31.4 Å². The van der Waals surface area contributed by atoms with E-state index >= 15 is 0 Å². The molecule has 1 saturated carbocycles. The van der Waals surface area contributed by atoms with Crippen molar-refractivity contribution in [1.29, 1.82) is 0 Å². The van der Waals surface area contributed by atoms with Crippen molar-refractivity contribution in [2.45, 2.75) is 43.1 Å². The number of benzene rings is 1. The molecule has 2 fully saturated rings. The SMILES string of the molecule is Cc1cc(N2CCOCC2)ccc1NC(=O)C(C)Sc1nnnn1C1CC1. The Hall–Kier alpha value is -2.13. The molecule has 1 unspecified atom stereocenters. The standard InChI is InChI=1S/C18H24N6O2S/c1-12-11-15(23-7-9-26-10-8-23)5-6-16(12)19-17(25)13(2)27-18-20-21-22-24(18)14-3-4-14/h5-6,11,13-14H,3-4,7-10H2,1-2H3,(H,19,25). The van der Waals surface area contributed by atoms with Crippen molar-refractivity contribution in [2.75, 3.05) is 36.5 Å². The first-order chi connectivity index (χ1) is 13.1. The number of thioether (sulfide) groups is 1. The van der Waals surface area contributed by atoms with Crippen LogP contribution in [0.3, 0.4) is 0 Å². The fourth-order valence-electron chi connectivity index (χ4n) is 3.06. The highest BCUT2D eigenvalue weighted by molar-refractivity contribution is 8.00. The second-order valence-corrected chi connectivity index (χ2v) is 8.29. The van der Waals surface area contributed by atoms with Crippen LogP contribution in [0.15, 0.2) is 23.4 Å². The summed E-state index contributed by atoms with van der Waals surface area (Å²) in [6.45, 7) is 7.20. The zero-order valence-corrected chi connectivity index (χ0v) is 16.4. The Labute approximate surface area is 162 Å². The maximum Gasteiger partial charge on any atom is 0.237 e. The summed E-state index contributed by atoms with van der Waals surface area (Å²) in [5.74, 6) is -0.0485. The Balaban J connectivity index is 1.38. The van der Waals surface area contributed by atoms with E-state index in [4.69, 9.17) is 4.74 Å². The fourth-order valence-corrected chi connectivity index (χ4v) is 3.92. The van der Waals surface area contributed by atoms with Gasteiger partial charge in [0.15, 0.2) is 0 Å². The molecule has 144 valence electrons. The van der Waals surface area contributed by atoms with Crippen LogP contribution in [0.2, 0.25) is 0 Å². The number of carbonyl (C=O) groups is 1. The van der Waals surface area contributed by atoms with E-state index < -0.39 is 0 Å². The molecule has 1 amide bonds. The van der Waals surface area contributed by atoms with Crippen LogP contribution in [0.25, 0.3) is 0 Å². The first-order valence-electron chi connectivity index (χ1n) is 9.30. The molecule has 2 heterocycles. The molecule has 0 bridgehead atoms. The first-order valence-corrected chi connectivity index (χ1v) is 10.2. The predicted molar refractivity (Wildman–Crippen MR) is 104 cm³/mol. The van der Waals surface area contributed by atoms with Crippen LogP contribution in [0, 0.1) is 6.92 Å². The van der Waals surface area contributed by atoms with Gasteiger partial charge in [0, 0.05) is 24.5 Å². The lowest BCUT2D eigenvalue weighted by Crippen LogP contribution is -2.36. The topological polar surface area (TPSA) is 85.2 Å². The zero-order valence-electron chi connectivity index (χ0n) is 15.6. The highest BCUT2D eigenvalue weighted by Crippen LogP contribution is 2.37. The Morgan fingerprint density at radius 2 is 2.11 bits per heavy atom. The van der Waals surface area contributed by atoms with Gasteiger partial charge in [-0.05, 0) is 60.9 Å². The smallest absolute Gasteiger partial charge is 0.237 e. The minimum absolute atomic E-state index is 0.0485. The minimum atomic E-state index is -0.285. The van der Waals surface area contributed by atoms with Crippen molar-refractivity contribution in [3.05, 3.63) is 23.8 Å². The van der Waals surface area contributed by atoms with E-state index in [0.717, 1.165) is 50.4 Å². The third-order valence-corrected chi connectivity index (χ3v) is 5.90. The third kappa shape index (κ3) is 4.24.